The lowest BCUT2D eigenvalue weighted by Crippen LogP contribution is -2.42. The van der Waals surface area contributed by atoms with E-state index >= 15 is 0 Å². The highest BCUT2D eigenvalue weighted by Crippen LogP contribution is 2.39. The van der Waals surface area contributed by atoms with E-state index in [4.69, 9.17) is 5.73 Å². The first-order valence-corrected chi connectivity index (χ1v) is 8.16. The van der Waals surface area contributed by atoms with Crippen molar-refractivity contribution in [3.8, 4) is 0 Å². The Hall–Kier alpha value is -0.820. The minimum Gasteiger partial charge on any atom is -0.327 e. The van der Waals surface area contributed by atoms with Crippen LogP contribution in [0.4, 0.5) is 0 Å². The monoisotopic (exact) mass is 273 g/mol. The van der Waals surface area contributed by atoms with Gasteiger partial charge >= 0.3 is 0 Å². The van der Waals surface area contributed by atoms with E-state index < -0.39 is 0 Å². The third-order valence-electron chi connectivity index (χ3n) is 5.17. The zero-order valence-electron chi connectivity index (χ0n) is 13.7. The van der Waals surface area contributed by atoms with Gasteiger partial charge in [-0.3, -0.25) is 0 Å². The molecular weight excluding hydrogens is 242 g/mol. The van der Waals surface area contributed by atoms with Crippen molar-refractivity contribution < 1.29 is 0 Å². The molecule has 1 saturated carbocycles. The summed E-state index contributed by atoms with van der Waals surface area (Å²) in [5.74, 6) is 0. The zero-order chi connectivity index (χ0) is 14.8. The summed E-state index contributed by atoms with van der Waals surface area (Å²) in [7, 11) is 0. The molecule has 0 heterocycles. The summed E-state index contributed by atoms with van der Waals surface area (Å²) in [5, 5.41) is 0. The van der Waals surface area contributed by atoms with Gasteiger partial charge in [-0.1, -0.05) is 71.2 Å². The molecule has 1 atom stereocenters. The smallest absolute Gasteiger partial charge is 0.0133 e. The minimum absolute atomic E-state index is 0.232. The van der Waals surface area contributed by atoms with Crippen LogP contribution in [-0.4, -0.2) is 6.04 Å². The number of rotatable bonds is 3. The van der Waals surface area contributed by atoms with Crippen LogP contribution in [0, 0.1) is 5.41 Å². The van der Waals surface area contributed by atoms with Crippen LogP contribution in [0.15, 0.2) is 24.3 Å². The Kier molecular flexibility index (Phi) is 4.59. The zero-order valence-corrected chi connectivity index (χ0v) is 13.7. The van der Waals surface area contributed by atoms with E-state index in [1.807, 2.05) is 0 Å². The Labute approximate surface area is 125 Å². The second kappa shape index (κ2) is 5.89. The van der Waals surface area contributed by atoms with Gasteiger partial charge in [0.25, 0.3) is 0 Å². The molecule has 0 bridgehead atoms. The van der Waals surface area contributed by atoms with Crippen LogP contribution < -0.4 is 5.73 Å². The Balaban J connectivity index is 2.02. The first-order chi connectivity index (χ1) is 9.31. The summed E-state index contributed by atoms with van der Waals surface area (Å²) < 4.78 is 0. The van der Waals surface area contributed by atoms with Gasteiger partial charge in [0.2, 0.25) is 0 Å². The van der Waals surface area contributed by atoms with Gasteiger partial charge in [-0.15, -0.1) is 0 Å². The normalized spacial score (nSPS) is 20.6. The predicted molar refractivity (Wildman–Crippen MR) is 88.0 cm³/mol. The molecule has 0 spiro atoms. The highest BCUT2D eigenvalue weighted by atomic mass is 14.7. The molecule has 0 aromatic heterocycles. The minimum atomic E-state index is 0.232. The van der Waals surface area contributed by atoms with Crippen molar-refractivity contribution >= 4 is 0 Å². The Morgan fingerprint density at radius 3 is 2.10 bits per heavy atom. The van der Waals surface area contributed by atoms with Crippen LogP contribution in [0.25, 0.3) is 0 Å². The predicted octanol–water partition coefficient (Wildman–Crippen LogP) is 4.82. The van der Waals surface area contributed by atoms with Gasteiger partial charge in [-0.2, -0.15) is 0 Å². The van der Waals surface area contributed by atoms with Crippen LogP contribution in [-0.2, 0) is 11.8 Å². The van der Waals surface area contributed by atoms with Crippen molar-refractivity contribution in [2.24, 2.45) is 11.1 Å². The maximum absolute atomic E-state index is 6.54. The number of nitrogens with two attached hydrogens (primary N) is 1. The van der Waals surface area contributed by atoms with Gasteiger partial charge in [0.15, 0.2) is 0 Å². The molecule has 112 valence electrons. The van der Waals surface area contributed by atoms with Gasteiger partial charge in [0.05, 0.1) is 0 Å². The molecule has 1 nitrogen and oxygen atoms in total. The van der Waals surface area contributed by atoms with Crippen molar-refractivity contribution in [1.82, 2.24) is 0 Å². The van der Waals surface area contributed by atoms with Crippen molar-refractivity contribution in [3.63, 3.8) is 0 Å². The van der Waals surface area contributed by atoms with Crippen molar-refractivity contribution in [2.75, 3.05) is 0 Å². The fourth-order valence-corrected chi connectivity index (χ4v) is 3.37. The molecule has 0 aliphatic heterocycles. The maximum Gasteiger partial charge on any atom is 0.0133 e. The number of hydrogen-bond acceptors (Lipinski definition) is 1. The van der Waals surface area contributed by atoms with Crippen LogP contribution >= 0.6 is 0 Å². The fraction of sp³-hybridized carbons (Fsp3) is 0.684. The third kappa shape index (κ3) is 3.63. The summed E-state index contributed by atoms with van der Waals surface area (Å²) in [6.07, 6.45) is 7.71. The van der Waals surface area contributed by atoms with Gasteiger partial charge in [0, 0.05) is 6.04 Å². The van der Waals surface area contributed by atoms with E-state index in [2.05, 4.69) is 52.0 Å². The quantitative estimate of drug-likeness (QED) is 0.839. The molecule has 1 unspecified atom stereocenters. The first-order valence-electron chi connectivity index (χ1n) is 8.16. The highest BCUT2D eigenvalue weighted by Gasteiger charge is 2.33. The molecule has 0 amide bonds. The first kappa shape index (κ1) is 15.6. The topological polar surface area (TPSA) is 26.0 Å². The molecule has 1 aliphatic carbocycles. The molecule has 1 aliphatic rings. The van der Waals surface area contributed by atoms with E-state index in [9.17, 15) is 0 Å². The van der Waals surface area contributed by atoms with E-state index in [0.29, 0.717) is 11.5 Å². The molecule has 0 radical (unpaired) electrons. The van der Waals surface area contributed by atoms with E-state index in [-0.39, 0.29) is 5.41 Å². The van der Waals surface area contributed by atoms with Crippen molar-refractivity contribution in [3.05, 3.63) is 35.4 Å². The molecule has 1 heteroatoms. The molecular formula is C19H31N. The molecule has 1 aromatic rings. The maximum atomic E-state index is 6.54. The molecule has 2 N–H and O–H groups in total. The second-order valence-electron chi connectivity index (χ2n) is 7.97. The number of benzene rings is 1. The Bertz CT molecular complexity index is 418. The Morgan fingerprint density at radius 2 is 1.60 bits per heavy atom. The van der Waals surface area contributed by atoms with Crippen LogP contribution in [0.1, 0.15) is 70.9 Å². The van der Waals surface area contributed by atoms with Gasteiger partial charge in [-0.25, -0.2) is 0 Å². The van der Waals surface area contributed by atoms with Crippen molar-refractivity contribution in [1.29, 1.82) is 0 Å². The van der Waals surface area contributed by atoms with Crippen LogP contribution in [0.5, 0.6) is 0 Å². The standard InChI is InChI=1S/C19H31N/c1-18(2,3)16-10-8-15(9-11-16)14-17(20)19(4)12-6-5-7-13-19/h8-11,17H,5-7,12-14,20H2,1-4H3. The SMILES string of the molecule is CC(C)(C)c1ccc(CC(N)C2(C)CCCCC2)cc1. The van der Waals surface area contributed by atoms with E-state index in [1.165, 1.54) is 43.2 Å². The average Bonchev–Trinajstić information content (AvgIpc) is 2.39. The van der Waals surface area contributed by atoms with Crippen LogP contribution in [0.2, 0.25) is 0 Å². The van der Waals surface area contributed by atoms with E-state index in [0.717, 1.165) is 6.42 Å². The molecule has 1 fully saturated rings. The molecule has 1 aromatic carbocycles. The highest BCUT2D eigenvalue weighted by molar-refractivity contribution is 5.28. The number of hydrogen-bond donors (Lipinski definition) is 1. The van der Waals surface area contributed by atoms with Gasteiger partial charge < -0.3 is 5.73 Å². The lowest BCUT2D eigenvalue weighted by atomic mass is 9.69. The van der Waals surface area contributed by atoms with Gasteiger partial charge in [-0.05, 0) is 41.2 Å². The Morgan fingerprint density at radius 1 is 1.05 bits per heavy atom. The average molecular weight is 273 g/mol. The summed E-state index contributed by atoms with van der Waals surface area (Å²) in [5.41, 5.74) is 9.91. The molecule has 2 rings (SSSR count). The lowest BCUT2D eigenvalue weighted by Gasteiger charge is -2.39. The van der Waals surface area contributed by atoms with Gasteiger partial charge in [0.1, 0.15) is 0 Å². The second-order valence-corrected chi connectivity index (χ2v) is 7.97. The fourth-order valence-electron chi connectivity index (χ4n) is 3.37. The summed E-state index contributed by atoms with van der Waals surface area (Å²) in [4.78, 5) is 0. The van der Waals surface area contributed by atoms with Crippen LogP contribution in [0.3, 0.4) is 0 Å². The summed E-state index contributed by atoms with van der Waals surface area (Å²) in [6.45, 7) is 9.17. The molecule has 20 heavy (non-hydrogen) atoms. The molecule has 0 saturated heterocycles. The third-order valence-corrected chi connectivity index (χ3v) is 5.17. The van der Waals surface area contributed by atoms with Crippen molar-refractivity contribution in [2.45, 2.75) is 77.7 Å². The largest absolute Gasteiger partial charge is 0.327 e. The summed E-state index contributed by atoms with van der Waals surface area (Å²) in [6, 6.07) is 9.37. The van der Waals surface area contributed by atoms with E-state index in [1.54, 1.807) is 0 Å². The summed E-state index contributed by atoms with van der Waals surface area (Å²) >= 11 is 0. The lowest BCUT2D eigenvalue weighted by molar-refractivity contribution is 0.169.